The van der Waals surface area contributed by atoms with Crippen molar-refractivity contribution in [2.45, 2.75) is 81.8 Å². The predicted molar refractivity (Wildman–Crippen MR) is 172 cm³/mol. The number of H-pyrrole nitrogens is 1. The highest BCUT2D eigenvalue weighted by atomic mass is 35.5. The zero-order valence-electron chi connectivity index (χ0n) is 26.2. The quantitative estimate of drug-likeness (QED) is 0.193. The van der Waals surface area contributed by atoms with E-state index in [4.69, 9.17) is 16.0 Å². The van der Waals surface area contributed by atoms with Crippen LogP contribution in [-0.4, -0.2) is 81.9 Å². The lowest BCUT2D eigenvalue weighted by Crippen LogP contribution is -2.58. The summed E-state index contributed by atoms with van der Waals surface area (Å²) in [7, 11) is -2.19. The lowest BCUT2D eigenvalue weighted by Gasteiger charge is -2.43. The molecular formula is C29H38ClF3N6O4SSi. The molecule has 1 aromatic carbocycles. The van der Waals surface area contributed by atoms with E-state index in [1.807, 2.05) is 0 Å². The van der Waals surface area contributed by atoms with Crippen molar-refractivity contribution in [1.82, 2.24) is 24.8 Å². The molecule has 45 heavy (non-hydrogen) atoms. The van der Waals surface area contributed by atoms with Crippen LogP contribution < -0.4 is 10.6 Å². The van der Waals surface area contributed by atoms with Crippen molar-refractivity contribution in [3.8, 4) is 0 Å². The van der Waals surface area contributed by atoms with Gasteiger partial charge in [0.1, 0.15) is 5.82 Å². The Morgan fingerprint density at radius 3 is 2.40 bits per heavy atom. The van der Waals surface area contributed by atoms with E-state index in [1.54, 1.807) is 31.1 Å². The largest absolute Gasteiger partial charge is 0.465 e. The second-order valence-corrected chi connectivity index (χ2v) is 19.1. The van der Waals surface area contributed by atoms with Crippen LogP contribution in [0.4, 0.5) is 23.8 Å². The van der Waals surface area contributed by atoms with Gasteiger partial charge in [0.05, 0.1) is 38.8 Å². The van der Waals surface area contributed by atoms with Crippen LogP contribution in [0, 0.1) is 0 Å². The molecule has 0 spiro atoms. The number of halogens is 4. The molecule has 2 N–H and O–H groups in total. The van der Waals surface area contributed by atoms with Crippen LogP contribution in [0.1, 0.15) is 51.8 Å². The number of benzene rings is 1. The number of nitrogens with zero attached hydrogens (tertiary/aromatic N) is 5. The first-order valence-electron chi connectivity index (χ1n) is 14.4. The van der Waals surface area contributed by atoms with Crippen molar-refractivity contribution in [2.75, 3.05) is 30.3 Å². The third-order valence-corrected chi connectivity index (χ3v) is 14.8. The summed E-state index contributed by atoms with van der Waals surface area (Å²) < 4.78 is 49.7. The molecule has 1 saturated heterocycles. The number of hydrogen-bond acceptors (Lipinski definition) is 8. The summed E-state index contributed by atoms with van der Waals surface area (Å²) in [6, 6.07) is -0.0990. The Morgan fingerprint density at radius 1 is 1.22 bits per heavy atom. The van der Waals surface area contributed by atoms with E-state index < -0.39 is 48.9 Å². The number of carbonyl (C=O) groups is 1. The first-order chi connectivity index (χ1) is 20.8. The Bertz CT molecular complexity index is 1590. The third kappa shape index (κ3) is 7.58. The fraction of sp³-hybridized carbons (Fsp3) is 0.552. The van der Waals surface area contributed by atoms with Crippen LogP contribution >= 0.6 is 23.4 Å². The van der Waals surface area contributed by atoms with E-state index in [9.17, 15) is 27.9 Å². The highest BCUT2D eigenvalue weighted by Gasteiger charge is 2.40. The van der Waals surface area contributed by atoms with Gasteiger partial charge in [0.2, 0.25) is 0 Å². The van der Waals surface area contributed by atoms with Crippen molar-refractivity contribution >= 4 is 54.5 Å². The summed E-state index contributed by atoms with van der Waals surface area (Å²) in [5.41, 5.74) is -1.08. The minimum Gasteiger partial charge on any atom is -0.465 e. The second-order valence-electron chi connectivity index (χ2n) is 12.9. The average molecular weight is 687 g/mol. The maximum atomic E-state index is 14.4. The van der Waals surface area contributed by atoms with Gasteiger partial charge < -0.3 is 19.4 Å². The molecule has 1 fully saturated rings. The van der Waals surface area contributed by atoms with Crippen LogP contribution in [0.15, 0.2) is 34.3 Å². The molecule has 1 aliphatic heterocycles. The highest BCUT2D eigenvalue weighted by Crippen LogP contribution is 2.46. The number of alkyl halides is 3. The number of thioether (sulfide) groups is 1. The molecule has 1 unspecified atom stereocenters. The average Bonchev–Trinajstić information content (AvgIpc) is 2.92. The van der Waals surface area contributed by atoms with Gasteiger partial charge in [0, 0.05) is 55.3 Å². The number of aromatic nitrogens is 4. The van der Waals surface area contributed by atoms with E-state index in [-0.39, 0.29) is 58.0 Å². The standard InChI is InChI=1S/C29H38ClF3N6O4SSi/c1-16-12-38(13-17(2)39(16)27(41)42)25-19-10-20(29(31,32)33)22(30)24(23(19)36-26(40)37-25)44-15-18(21-11-34-8-9-35-21)14-43-45(6,7)28(3,4)5/h8-11,16-18H,12-15H2,1-7H3,(H,41,42)(H,36,37,40)/t16-,17+,18?. The van der Waals surface area contributed by atoms with Crippen molar-refractivity contribution in [3.05, 3.63) is 51.4 Å². The van der Waals surface area contributed by atoms with Crippen LogP contribution in [-0.2, 0) is 10.6 Å². The van der Waals surface area contributed by atoms with Gasteiger partial charge in [-0.05, 0) is 38.0 Å². The zero-order valence-corrected chi connectivity index (χ0v) is 28.8. The van der Waals surface area contributed by atoms with Crippen molar-refractivity contribution < 1.29 is 27.5 Å². The van der Waals surface area contributed by atoms with Gasteiger partial charge in [-0.25, -0.2) is 9.59 Å². The number of hydrogen-bond donors (Lipinski definition) is 2. The van der Waals surface area contributed by atoms with Gasteiger partial charge in [0.25, 0.3) is 0 Å². The molecule has 10 nitrogen and oxygen atoms in total. The molecule has 1 amide bonds. The molecule has 2 aromatic heterocycles. The predicted octanol–water partition coefficient (Wildman–Crippen LogP) is 6.86. The van der Waals surface area contributed by atoms with Crippen molar-refractivity contribution in [2.24, 2.45) is 0 Å². The molecule has 0 bridgehead atoms. The van der Waals surface area contributed by atoms with Crippen LogP contribution in [0.3, 0.4) is 0 Å². The van der Waals surface area contributed by atoms with E-state index in [0.29, 0.717) is 5.69 Å². The van der Waals surface area contributed by atoms with Crippen LogP contribution in [0.2, 0.25) is 23.2 Å². The molecule has 3 heterocycles. The number of anilines is 1. The summed E-state index contributed by atoms with van der Waals surface area (Å²) in [4.78, 5) is 43.0. The summed E-state index contributed by atoms with van der Waals surface area (Å²) in [5.74, 6) is -0.0837. The lowest BCUT2D eigenvalue weighted by molar-refractivity contribution is -0.137. The van der Waals surface area contributed by atoms with E-state index in [2.05, 4.69) is 53.8 Å². The molecule has 3 atom stereocenters. The van der Waals surface area contributed by atoms with Gasteiger partial charge in [0.15, 0.2) is 8.32 Å². The fourth-order valence-corrected chi connectivity index (χ4v) is 7.78. The lowest BCUT2D eigenvalue weighted by atomic mass is 10.1. The van der Waals surface area contributed by atoms with Gasteiger partial charge in [-0.1, -0.05) is 32.4 Å². The maximum absolute atomic E-state index is 14.4. The first-order valence-corrected chi connectivity index (χ1v) is 18.7. The SMILES string of the molecule is C[C@@H]1CN(c2nc(=O)[nH]c3c(SCC(CO[Si](C)(C)C(C)(C)C)c4cnccn4)c(Cl)c(C(F)(F)F)cc23)C[C@H](C)N1C(=O)O. The Balaban J connectivity index is 1.80. The zero-order chi connectivity index (χ0) is 33.5. The summed E-state index contributed by atoms with van der Waals surface area (Å²) in [6.07, 6.45) is -1.20. The summed E-state index contributed by atoms with van der Waals surface area (Å²) >= 11 is 7.55. The Kier molecular flexibility index (Phi) is 10.2. The fourth-order valence-electron chi connectivity index (χ4n) is 5.13. The number of piperazine rings is 1. The van der Waals surface area contributed by atoms with E-state index >= 15 is 0 Å². The minimum absolute atomic E-state index is 0.0354. The van der Waals surface area contributed by atoms with Gasteiger partial charge >= 0.3 is 18.0 Å². The molecule has 0 aliphatic carbocycles. The molecule has 0 radical (unpaired) electrons. The van der Waals surface area contributed by atoms with Crippen molar-refractivity contribution in [1.29, 1.82) is 0 Å². The number of rotatable bonds is 8. The second kappa shape index (κ2) is 13.1. The van der Waals surface area contributed by atoms with Gasteiger partial charge in [-0.2, -0.15) is 18.2 Å². The number of carboxylic acid groups (broad SMARTS) is 1. The topological polar surface area (TPSA) is 125 Å². The monoisotopic (exact) mass is 686 g/mol. The van der Waals surface area contributed by atoms with E-state index in [1.165, 1.54) is 11.1 Å². The summed E-state index contributed by atoms with van der Waals surface area (Å²) in [5, 5.41) is 9.09. The first kappa shape index (κ1) is 35.0. The van der Waals surface area contributed by atoms with Crippen LogP contribution in [0.25, 0.3) is 10.9 Å². The summed E-state index contributed by atoms with van der Waals surface area (Å²) in [6.45, 7) is 14.5. The number of amides is 1. The van der Waals surface area contributed by atoms with Crippen molar-refractivity contribution in [3.63, 3.8) is 0 Å². The third-order valence-electron chi connectivity index (χ3n) is 8.53. The Morgan fingerprint density at radius 2 is 1.87 bits per heavy atom. The molecular weight excluding hydrogens is 649 g/mol. The van der Waals surface area contributed by atoms with E-state index in [0.717, 1.165) is 17.8 Å². The molecule has 246 valence electrons. The molecule has 4 rings (SSSR count). The minimum atomic E-state index is -4.80. The van der Waals surface area contributed by atoms with Gasteiger partial charge in [-0.3, -0.25) is 14.9 Å². The number of aromatic amines is 1. The van der Waals surface area contributed by atoms with Gasteiger partial charge in [-0.15, -0.1) is 11.8 Å². The van der Waals surface area contributed by atoms with Crippen LogP contribution in [0.5, 0.6) is 0 Å². The number of fused-ring (bicyclic) bond motifs is 1. The molecule has 1 aliphatic rings. The molecule has 0 saturated carbocycles. The smallest absolute Gasteiger partial charge is 0.417 e. The molecule has 3 aromatic rings. The Labute approximate surface area is 269 Å². The maximum Gasteiger partial charge on any atom is 0.417 e. The molecule has 16 heteroatoms. The Hall–Kier alpha value is -2.88. The number of nitrogens with one attached hydrogen (secondary N) is 1. The normalized spacial score (nSPS) is 18.8. The highest BCUT2D eigenvalue weighted by molar-refractivity contribution is 7.99.